The van der Waals surface area contributed by atoms with E-state index in [1.807, 2.05) is 0 Å². The molecule has 0 heterocycles. The SMILES string of the molecule is CCN(C(=O)C(=O)NCC#N)c1cccc(F)c1. The Bertz CT molecular complexity index is 496. The minimum Gasteiger partial charge on any atom is -0.335 e. The van der Waals surface area contributed by atoms with Gasteiger partial charge in [-0.1, -0.05) is 6.07 Å². The molecule has 94 valence electrons. The number of rotatable bonds is 3. The van der Waals surface area contributed by atoms with E-state index in [1.165, 1.54) is 24.3 Å². The second-order valence-corrected chi connectivity index (χ2v) is 3.37. The molecule has 6 heteroatoms. The molecule has 1 aromatic rings. The zero-order chi connectivity index (χ0) is 13.5. The first-order valence-electron chi connectivity index (χ1n) is 5.32. The molecule has 0 aliphatic rings. The number of amides is 2. The molecule has 1 N–H and O–H groups in total. The lowest BCUT2D eigenvalue weighted by atomic mass is 10.2. The number of anilines is 1. The van der Waals surface area contributed by atoms with E-state index in [4.69, 9.17) is 5.26 Å². The van der Waals surface area contributed by atoms with Gasteiger partial charge in [0.15, 0.2) is 0 Å². The highest BCUT2D eigenvalue weighted by Crippen LogP contribution is 2.15. The predicted octanol–water partition coefficient (Wildman–Crippen LogP) is 0.818. The van der Waals surface area contributed by atoms with E-state index >= 15 is 0 Å². The average Bonchev–Trinajstić information content (AvgIpc) is 2.36. The molecule has 18 heavy (non-hydrogen) atoms. The summed E-state index contributed by atoms with van der Waals surface area (Å²) in [5.74, 6) is -2.20. The molecule has 0 saturated heterocycles. The van der Waals surface area contributed by atoms with Crippen molar-refractivity contribution in [2.45, 2.75) is 6.92 Å². The van der Waals surface area contributed by atoms with Gasteiger partial charge in [0.05, 0.1) is 6.07 Å². The van der Waals surface area contributed by atoms with Crippen LogP contribution in [0, 0.1) is 17.1 Å². The van der Waals surface area contributed by atoms with Crippen LogP contribution in [-0.4, -0.2) is 24.9 Å². The molecule has 0 aliphatic heterocycles. The Balaban J connectivity index is 2.87. The average molecular weight is 249 g/mol. The van der Waals surface area contributed by atoms with Crippen molar-refractivity contribution < 1.29 is 14.0 Å². The van der Waals surface area contributed by atoms with Crippen LogP contribution in [0.25, 0.3) is 0 Å². The van der Waals surface area contributed by atoms with Gasteiger partial charge in [-0.25, -0.2) is 4.39 Å². The standard InChI is InChI=1S/C12H12FN3O2/c1-2-16(10-5-3-4-9(13)8-10)12(18)11(17)15-7-6-14/h3-5,8H,2,7H2,1H3,(H,15,17). The fourth-order valence-electron chi connectivity index (χ4n) is 1.41. The highest BCUT2D eigenvalue weighted by molar-refractivity contribution is 6.40. The summed E-state index contributed by atoms with van der Waals surface area (Å²) in [6, 6.07) is 7.09. The maximum atomic E-state index is 13.0. The Kier molecular flexibility index (Phi) is 4.81. The first kappa shape index (κ1) is 13.6. The Hall–Kier alpha value is -2.42. The van der Waals surface area contributed by atoms with E-state index in [9.17, 15) is 14.0 Å². The molecule has 0 aromatic heterocycles. The van der Waals surface area contributed by atoms with Crippen LogP contribution < -0.4 is 10.2 Å². The van der Waals surface area contributed by atoms with Gasteiger partial charge in [0.1, 0.15) is 12.4 Å². The Labute approximate surface area is 104 Å². The van der Waals surface area contributed by atoms with Gasteiger partial charge in [-0.15, -0.1) is 0 Å². The van der Waals surface area contributed by atoms with E-state index in [0.717, 1.165) is 4.90 Å². The summed E-state index contributed by atoms with van der Waals surface area (Å²) in [5.41, 5.74) is 0.301. The number of carbonyl (C=O) groups is 2. The van der Waals surface area contributed by atoms with Crippen LogP contribution in [0.5, 0.6) is 0 Å². The van der Waals surface area contributed by atoms with E-state index in [2.05, 4.69) is 5.32 Å². The third kappa shape index (κ3) is 3.28. The summed E-state index contributed by atoms with van der Waals surface area (Å²) < 4.78 is 13.0. The fourth-order valence-corrected chi connectivity index (χ4v) is 1.41. The van der Waals surface area contributed by atoms with Crippen LogP contribution >= 0.6 is 0 Å². The maximum Gasteiger partial charge on any atom is 0.316 e. The topological polar surface area (TPSA) is 73.2 Å². The largest absolute Gasteiger partial charge is 0.335 e. The minimum atomic E-state index is -0.886. The lowest BCUT2D eigenvalue weighted by Crippen LogP contribution is -2.43. The van der Waals surface area contributed by atoms with Crippen molar-refractivity contribution in [2.24, 2.45) is 0 Å². The molecule has 0 atom stereocenters. The molecule has 0 fully saturated rings. The molecule has 0 saturated carbocycles. The zero-order valence-electron chi connectivity index (χ0n) is 9.81. The summed E-state index contributed by atoms with van der Waals surface area (Å²) in [6.07, 6.45) is 0. The monoisotopic (exact) mass is 249 g/mol. The quantitative estimate of drug-likeness (QED) is 0.636. The van der Waals surface area contributed by atoms with Gasteiger partial charge in [0.2, 0.25) is 0 Å². The fraction of sp³-hybridized carbons (Fsp3) is 0.250. The van der Waals surface area contributed by atoms with Crippen LogP contribution in [0.4, 0.5) is 10.1 Å². The number of nitriles is 1. The normalized spacial score (nSPS) is 9.39. The predicted molar refractivity (Wildman–Crippen MR) is 63.0 cm³/mol. The van der Waals surface area contributed by atoms with Gasteiger partial charge in [-0.3, -0.25) is 9.59 Å². The lowest BCUT2D eigenvalue weighted by molar-refractivity contribution is -0.137. The molecule has 0 aliphatic carbocycles. The van der Waals surface area contributed by atoms with E-state index in [1.54, 1.807) is 13.0 Å². The Morgan fingerprint density at radius 1 is 1.50 bits per heavy atom. The summed E-state index contributed by atoms with van der Waals surface area (Å²) in [7, 11) is 0. The number of benzene rings is 1. The molecule has 2 amide bonds. The Morgan fingerprint density at radius 3 is 2.78 bits per heavy atom. The van der Waals surface area contributed by atoms with Gasteiger partial charge >= 0.3 is 11.8 Å². The molecule has 0 spiro atoms. The number of nitrogens with zero attached hydrogens (tertiary/aromatic N) is 2. The molecule has 0 radical (unpaired) electrons. The van der Waals surface area contributed by atoms with Crippen LogP contribution in [0.15, 0.2) is 24.3 Å². The van der Waals surface area contributed by atoms with Crippen LogP contribution in [0.2, 0.25) is 0 Å². The number of hydrogen-bond acceptors (Lipinski definition) is 3. The highest BCUT2D eigenvalue weighted by Gasteiger charge is 2.21. The summed E-state index contributed by atoms with van der Waals surface area (Å²) in [6.45, 7) is 1.65. The third-order valence-electron chi connectivity index (χ3n) is 2.20. The van der Waals surface area contributed by atoms with Crippen molar-refractivity contribution in [1.29, 1.82) is 5.26 Å². The molecule has 1 aromatic carbocycles. The van der Waals surface area contributed by atoms with Gasteiger partial charge in [-0.2, -0.15) is 5.26 Å². The molecule has 5 nitrogen and oxygen atoms in total. The minimum absolute atomic E-state index is 0.224. The second kappa shape index (κ2) is 6.35. The first-order valence-corrected chi connectivity index (χ1v) is 5.32. The van der Waals surface area contributed by atoms with Gasteiger partial charge in [-0.05, 0) is 25.1 Å². The number of likely N-dealkylation sites (N-methyl/N-ethyl adjacent to an activating group) is 1. The van der Waals surface area contributed by atoms with Gasteiger partial charge in [0, 0.05) is 12.2 Å². The first-order chi connectivity index (χ1) is 8.60. The summed E-state index contributed by atoms with van der Waals surface area (Å²) in [4.78, 5) is 24.3. The molecular formula is C12H12FN3O2. The second-order valence-electron chi connectivity index (χ2n) is 3.37. The van der Waals surface area contributed by atoms with Crippen molar-refractivity contribution in [3.05, 3.63) is 30.1 Å². The molecule has 0 bridgehead atoms. The van der Waals surface area contributed by atoms with Crippen molar-refractivity contribution >= 4 is 17.5 Å². The summed E-state index contributed by atoms with van der Waals surface area (Å²) >= 11 is 0. The van der Waals surface area contributed by atoms with Crippen molar-refractivity contribution in [2.75, 3.05) is 18.0 Å². The van der Waals surface area contributed by atoms with Crippen LogP contribution in [-0.2, 0) is 9.59 Å². The van der Waals surface area contributed by atoms with Crippen LogP contribution in [0.3, 0.4) is 0 Å². The van der Waals surface area contributed by atoms with Gasteiger partial charge < -0.3 is 10.2 Å². The number of hydrogen-bond donors (Lipinski definition) is 1. The van der Waals surface area contributed by atoms with Crippen molar-refractivity contribution in [3.8, 4) is 6.07 Å². The van der Waals surface area contributed by atoms with E-state index in [-0.39, 0.29) is 13.1 Å². The van der Waals surface area contributed by atoms with Gasteiger partial charge in [0.25, 0.3) is 0 Å². The number of carbonyl (C=O) groups excluding carboxylic acids is 2. The maximum absolute atomic E-state index is 13.0. The molecule has 0 unspecified atom stereocenters. The summed E-state index contributed by atoms with van der Waals surface area (Å²) in [5, 5.41) is 10.5. The Morgan fingerprint density at radius 2 is 2.22 bits per heavy atom. The number of nitrogens with one attached hydrogen (secondary N) is 1. The van der Waals surface area contributed by atoms with E-state index < -0.39 is 17.6 Å². The van der Waals surface area contributed by atoms with E-state index in [0.29, 0.717) is 5.69 Å². The lowest BCUT2D eigenvalue weighted by Gasteiger charge is -2.19. The molecule has 1 rings (SSSR count). The molecular weight excluding hydrogens is 237 g/mol. The van der Waals surface area contributed by atoms with Crippen molar-refractivity contribution in [3.63, 3.8) is 0 Å². The van der Waals surface area contributed by atoms with Crippen molar-refractivity contribution in [1.82, 2.24) is 5.32 Å². The third-order valence-corrected chi connectivity index (χ3v) is 2.20. The van der Waals surface area contributed by atoms with Crippen LogP contribution in [0.1, 0.15) is 6.92 Å². The number of halogens is 1. The highest BCUT2D eigenvalue weighted by atomic mass is 19.1. The smallest absolute Gasteiger partial charge is 0.316 e. The zero-order valence-corrected chi connectivity index (χ0v) is 9.81.